The van der Waals surface area contributed by atoms with Gasteiger partial charge in [0.15, 0.2) is 0 Å². The van der Waals surface area contributed by atoms with E-state index in [9.17, 15) is 4.79 Å². The molecular weight excluding hydrogens is 175 g/mol. The molecule has 0 heterocycles. The molecule has 0 aromatic heterocycles. The van der Waals surface area contributed by atoms with Gasteiger partial charge < -0.3 is 0 Å². The van der Waals surface area contributed by atoms with Crippen LogP contribution in [0.1, 0.15) is 0 Å². The summed E-state index contributed by atoms with van der Waals surface area (Å²) in [6, 6.07) is 0. The maximum absolute atomic E-state index is 9.85. The summed E-state index contributed by atoms with van der Waals surface area (Å²) in [5.41, 5.74) is 0. The van der Waals surface area contributed by atoms with Crippen LogP contribution in [0.4, 0.5) is 0 Å². The van der Waals surface area contributed by atoms with Crippen molar-refractivity contribution in [3.63, 3.8) is 0 Å². The van der Waals surface area contributed by atoms with Gasteiger partial charge in [0.05, 0.1) is 0 Å². The second kappa shape index (κ2) is 3.89. The van der Waals surface area contributed by atoms with Crippen molar-refractivity contribution in [1.82, 2.24) is 0 Å². The van der Waals surface area contributed by atoms with Gasteiger partial charge in [-0.1, -0.05) is 0 Å². The minimum atomic E-state index is -1.14. The van der Waals surface area contributed by atoms with Crippen LogP contribution < -0.4 is 0 Å². The van der Waals surface area contributed by atoms with Gasteiger partial charge in [-0.3, -0.25) is 0 Å². The number of aliphatic hydroxyl groups is 1. The van der Waals surface area contributed by atoms with Crippen molar-refractivity contribution in [2.75, 3.05) is 0 Å². The summed E-state index contributed by atoms with van der Waals surface area (Å²) in [5, 5.41) is 17.0. The molecular formula is C4H8O3Se. The molecule has 8 heavy (non-hydrogen) atoms. The van der Waals surface area contributed by atoms with E-state index in [-0.39, 0.29) is 15.0 Å². The molecule has 0 aliphatic rings. The number of hydrogen-bond donors (Lipinski definition) is 2. The number of aliphatic hydroxyl groups excluding tert-OH is 1. The van der Waals surface area contributed by atoms with Gasteiger partial charge in [-0.15, -0.1) is 0 Å². The third kappa shape index (κ3) is 3.02. The topological polar surface area (TPSA) is 57.5 Å². The number of carbonyl (C=O) groups is 1. The molecule has 4 heteroatoms. The molecule has 0 radical (unpaired) electrons. The molecule has 2 N–H and O–H groups in total. The summed E-state index contributed by atoms with van der Waals surface area (Å²) in [6.45, 7) is 0. The van der Waals surface area contributed by atoms with E-state index >= 15 is 0 Å². The monoisotopic (exact) mass is 184 g/mol. The van der Waals surface area contributed by atoms with Gasteiger partial charge >= 0.3 is 53.2 Å². The summed E-state index contributed by atoms with van der Waals surface area (Å²) in [4.78, 5) is 9.85. The zero-order chi connectivity index (χ0) is 6.57. The number of aliphatic carboxylic acids is 1. The third-order valence-electron chi connectivity index (χ3n) is 0.610. The molecule has 0 unspecified atom stereocenters. The third-order valence-corrected chi connectivity index (χ3v) is 1.97. The van der Waals surface area contributed by atoms with Gasteiger partial charge in [0.2, 0.25) is 0 Å². The summed E-state index contributed by atoms with van der Waals surface area (Å²) >= 11 is 0.248. The Kier molecular flexibility index (Phi) is 3.87. The van der Waals surface area contributed by atoms with Gasteiger partial charge in [-0.2, -0.15) is 0 Å². The van der Waals surface area contributed by atoms with E-state index in [1.165, 1.54) is 0 Å². The molecule has 0 fully saturated rings. The fraction of sp³-hybridized carbons (Fsp3) is 0.750. The van der Waals surface area contributed by atoms with Crippen molar-refractivity contribution in [1.29, 1.82) is 0 Å². The first-order valence-electron chi connectivity index (χ1n) is 2.08. The maximum atomic E-state index is 9.85. The molecule has 0 aliphatic carbocycles. The molecule has 0 rings (SSSR count). The molecule has 0 spiro atoms. The summed E-state index contributed by atoms with van der Waals surface area (Å²) in [5.74, 6) is 0.771. The molecule has 0 saturated heterocycles. The average molecular weight is 183 g/mol. The van der Waals surface area contributed by atoms with E-state index in [1.54, 1.807) is 0 Å². The van der Waals surface area contributed by atoms with Crippen LogP contribution in [-0.4, -0.2) is 37.2 Å². The van der Waals surface area contributed by atoms with Crippen molar-refractivity contribution in [2.24, 2.45) is 0 Å². The first kappa shape index (κ1) is 7.95. The van der Waals surface area contributed by atoms with Crippen molar-refractivity contribution < 1.29 is 15.0 Å². The van der Waals surface area contributed by atoms with Crippen LogP contribution >= 0.6 is 0 Å². The number of carboxylic acids is 1. The van der Waals surface area contributed by atoms with Gasteiger partial charge in [-0.05, 0) is 0 Å². The molecule has 0 amide bonds. The first-order chi connectivity index (χ1) is 3.68. The van der Waals surface area contributed by atoms with Crippen LogP contribution in [0, 0.1) is 0 Å². The van der Waals surface area contributed by atoms with Gasteiger partial charge in [-0.25, -0.2) is 0 Å². The number of carboxylic acid groups (broad SMARTS) is 1. The Balaban J connectivity index is 3.32. The molecule has 0 aromatic rings. The number of hydrogen-bond acceptors (Lipinski definition) is 2. The molecule has 48 valence electrons. The SMILES string of the molecule is C[Se]C[C@H](O)C(=O)O. The van der Waals surface area contributed by atoms with Crippen molar-refractivity contribution in [3.05, 3.63) is 0 Å². The normalized spacial score (nSPS) is 13.2. The van der Waals surface area contributed by atoms with Gasteiger partial charge in [0, 0.05) is 0 Å². The predicted molar refractivity (Wildman–Crippen MR) is 30.1 cm³/mol. The Morgan fingerprint density at radius 1 is 1.88 bits per heavy atom. The van der Waals surface area contributed by atoms with Crippen LogP contribution in [0.25, 0.3) is 0 Å². The van der Waals surface area contributed by atoms with Crippen LogP contribution in [0.5, 0.6) is 0 Å². The quantitative estimate of drug-likeness (QED) is 0.585. The van der Waals surface area contributed by atoms with Crippen molar-refractivity contribution >= 4 is 20.9 Å². The summed E-state index contributed by atoms with van der Waals surface area (Å²) in [7, 11) is 0. The molecule has 0 bridgehead atoms. The zero-order valence-corrected chi connectivity index (χ0v) is 6.21. The minimum absolute atomic E-state index is 0.248. The van der Waals surface area contributed by atoms with Crippen LogP contribution in [0.15, 0.2) is 0 Å². The van der Waals surface area contributed by atoms with E-state index in [0.717, 1.165) is 0 Å². The van der Waals surface area contributed by atoms with Crippen LogP contribution in [0.3, 0.4) is 0 Å². The Morgan fingerprint density at radius 2 is 2.38 bits per heavy atom. The van der Waals surface area contributed by atoms with Gasteiger partial charge in [0.1, 0.15) is 0 Å². The van der Waals surface area contributed by atoms with E-state index in [0.29, 0.717) is 5.32 Å². The Labute approximate surface area is 53.9 Å². The van der Waals surface area contributed by atoms with Gasteiger partial charge in [0.25, 0.3) is 0 Å². The van der Waals surface area contributed by atoms with Crippen LogP contribution in [0.2, 0.25) is 11.1 Å². The summed E-state index contributed by atoms with van der Waals surface area (Å²) < 4.78 is 0. The zero-order valence-electron chi connectivity index (χ0n) is 4.50. The van der Waals surface area contributed by atoms with Crippen molar-refractivity contribution in [2.45, 2.75) is 17.2 Å². The Morgan fingerprint density at radius 3 is 2.50 bits per heavy atom. The first-order valence-corrected chi connectivity index (χ1v) is 5.00. The molecule has 0 aromatic carbocycles. The average Bonchev–Trinajstić information content (AvgIpc) is 1.67. The van der Waals surface area contributed by atoms with E-state index in [4.69, 9.17) is 10.2 Å². The molecule has 1 atom stereocenters. The standard InChI is InChI=1S/C4H8O3Se/c1-8-2-3(5)4(6)7/h3,5H,2H2,1H3,(H,6,7)/t3-/m0/s1. The van der Waals surface area contributed by atoms with E-state index in [2.05, 4.69) is 0 Å². The predicted octanol–water partition coefficient (Wildman–Crippen LogP) is -0.398. The molecule has 0 saturated carbocycles. The fourth-order valence-electron chi connectivity index (χ4n) is 0.229. The van der Waals surface area contributed by atoms with Crippen molar-refractivity contribution in [3.8, 4) is 0 Å². The fourth-order valence-corrected chi connectivity index (χ4v) is 1.19. The second-order valence-corrected chi connectivity index (χ2v) is 3.22. The van der Waals surface area contributed by atoms with Crippen LogP contribution in [-0.2, 0) is 4.79 Å². The Bertz CT molecular complexity index is 83.4. The van der Waals surface area contributed by atoms with E-state index in [1.807, 2.05) is 5.82 Å². The molecule has 3 nitrogen and oxygen atoms in total. The van der Waals surface area contributed by atoms with E-state index < -0.39 is 12.1 Å². The number of rotatable bonds is 3. The second-order valence-electron chi connectivity index (χ2n) is 1.31. The molecule has 0 aliphatic heterocycles. The Hall–Kier alpha value is -0.0505. The summed E-state index contributed by atoms with van der Waals surface area (Å²) in [6.07, 6.45) is -1.14.